The van der Waals surface area contributed by atoms with E-state index in [0.717, 1.165) is 16.9 Å². The van der Waals surface area contributed by atoms with Gasteiger partial charge < -0.3 is 10.5 Å². The minimum absolute atomic E-state index is 0.105. The van der Waals surface area contributed by atoms with E-state index in [9.17, 15) is 4.39 Å². The molecule has 20 heavy (non-hydrogen) atoms. The maximum absolute atomic E-state index is 13.4. The minimum Gasteiger partial charge on any atom is -0.496 e. The van der Waals surface area contributed by atoms with Crippen molar-refractivity contribution in [3.63, 3.8) is 0 Å². The van der Waals surface area contributed by atoms with Crippen molar-refractivity contribution in [2.24, 2.45) is 5.73 Å². The van der Waals surface area contributed by atoms with Gasteiger partial charge in [-0.25, -0.2) is 4.39 Å². The van der Waals surface area contributed by atoms with Gasteiger partial charge in [0, 0.05) is 6.04 Å². The molecule has 2 nitrogen and oxygen atoms in total. The van der Waals surface area contributed by atoms with Crippen molar-refractivity contribution < 1.29 is 9.13 Å². The Labute approximate surface area is 123 Å². The van der Waals surface area contributed by atoms with E-state index in [2.05, 4.69) is 0 Å². The van der Waals surface area contributed by atoms with Crippen LogP contribution in [0.3, 0.4) is 0 Å². The monoisotopic (exact) mass is 293 g/mol. The molecule has 0 aromatic heterocycles. The van der Waals surface area contributed by atoms with Gasteiger partial charge in [-0.05, 0) is 42.2 Å². The Morgan fingerprint density at radius 2 is 1.95 bits per heavy atom. The third-order valence-electron chi connectivity index (χ3n) is 3.16. The lowest BCUT2D eigenvalue weighted by atomic mass is 9.99. The fourth-order valence-corrected chi connectivity index (χ4v) is 2.31. The van der Waals surface area contributed by atoms with Gasteiger partial charge in [-0.3, -0.25) is 0 Å². The summed E-state index contributed by atoms with van der Waals surface area (Å²) < 4.78 is 18.7. The first-order valence-electron chi connectivity index (χ1n) is 6.41. The van der Waals surface area contributed by atoms with Crippen LogP contribution in [-0.4, -0.2) is 13.2 Å². The number of hydrogen-bond donors (Lipinski definition) is 1. The number of para-hydroxylation sites is 1. The molecule has 0 aliphatic carbocycles. The Bertz CT molecular complexity index is 588. The summed E-state index contributed by atoms with van der Waals surface area (Å²) in [4.78, 5) is 0. The van der Waals surface area contributed by atoms with Crippen LogP contribution in [0.1, 0.15) is 11.1 Å². The first kappa shape index (κ1) is 14.8. The SMILES string of the molecule is COc1ccccc1CC(N)Cc1ccc(Cl)c(F)c1. The highest BCUT2D eigenvalue weighted by atomic mass is 35.5. The van der Waals surface area contributed by atoms with Gasteiger partial charge in [0.15, 0.2) is 0 Å². The fourth-order valence-electron chi connectivity index (χ4n) is 2.20. The van der Waals surface area contributed by atoms with Crippen molar-refractivity contribution in [3.8, 4) is 5.75 Å². The average molecular weight is 294 g/mol. The molecular weight excluding hydrogens is 277 g/mol. The molecule has 0 bridgehead atoms. The molecule has 1 unspecified atom stereocenters. The topological polar surface area (TPSA) is 35.2 Å². The van der Waals surface area contributed by atoms with Crippen molar-refractivity contribution in [2.45, 2.75) is 18.9 Å². The lowest BCUT2D eigenvalue weighted by Gasteiger charge is -2.14. The number of rotatable bonds is 5. The van der Waals surface area contributed by atoms with Gasteiger partial charge in [-0.1, -0.05) is 35.9 Å². The van der Waals surface area contributed by atoms with Gasteiger partial charge in [-0.15, -0.1) is 0 Å². The van der Waals surface area contributed by atoms with Gasteiger partial charge in [-0.2, -0.15) is 0 Å². The number of methoxy groups -OCH3 is 1. The fraction of sp³-hybridized carbons (Fsp3) is 0.250. The second kappa shape index (κ2) is 6.73. The van der Waals surface area contributed by atoms with Gasteiger partial charge in [0.05, 0.1) is 12.1 Å². The molecule has 4 heteroatoms. The molecule has 0 spiro atoms. The molecule has 0 aliphatic rings. The Morgan fingerprint density at radius 3 is 2.65 bits per heavy atom. The second-order valence-electron chi connectivity index (χ2n) is 4.73. The molecule has 0 heterocycles. The second-order valence-corrected chi connectivity index (χ2v) is 5.14. The standard InChI is InChI=1S/C16H17ClFNO/c1-20-16-5-3-2-4-12(16)10-13(19)8-11-6-7-14(17)15(18)9-11/h2-7,9,13H,8,10,19H2,1H3. The summed E-state index contributed by atoms with van der Waals surface area (Å²) >= 11 is 5.66. The van der Waals surface area contributed by atoms with E-state index in [1.165, 1.54) is 6.07 Å². The van der Waals surface area contributed by atoms with Crippen LogP contribution in [0.2, 0.25) is 5.02 Å². The molecule has 2 aromatic carbocycles. The van der Waals surface area contributed by atoms with E-state index in [1.54, 1.807) is 19.2 Å². The summed E-state index contributed by atoms with van der Waals surface area (Å²) in [7, 11) is 1.64. The number of benzene rings is 2. The molecule has 106 valence electrons. The maximum Gasteiger partial charge on any atom is 0.142 e. The van der Waals surface area contributed by atoms with Crippen molar-refractivity contribution >= 4 is 11.6 Å². The summed E-state index contributed by atoms with van der Waals surface area (Å²) in [5.74, 6) is 0.416. The first-order valence-corrected chi connectivity index (χ1v) is 6.79. The zero-order valence-electron chi connectivity index (χ0n) is 11.3. The van der Waals surface area contributed by atoms with Crippen molar-refractivity contribution in [3.05, 3.63) is 64.4 Å². The van der Waals surface area contributed by atoms with E-state index in [-0.39, 0.29) is 11.1 Å². The third kappa shape index (κ3) is 3.71. The van der Waals surface area contributed by atoms with E-state index in [0.29, 0.717) is 12.8 Å². The normalized spacial score (nSPS) is 12.2. The third-order valence-corrected chi connectivity index (χ3v) is 3.46. The van der Waals surface area contributed by atoms with Gasteiger partial charge in [0.1, 0.15) is 11.6 Å². The van der Waals surface area contributed by atoms with Crippen LogP contribution >= 0.6 is 11.6 Å². The molecular formula is C16H17ClFNO. The van der Waals surface area contributed by atoms with Crippen molar-refractivity contribution in [2.75, 3.05) is 7.11 Å². The number of halogens is 2. The van der Waals surface area contributed by atoms with Crippen LogP contribution in [0.15, 0.2) is 42.5 Å². The minimum atomic E-state index is -0.409. The van der Waals surface area contributed by atoms with Crippen LogP contribution in [0.4, 0.5) is 4.39 Å². The summed E-state index contributed by atoms with van der Waals surface area (Å²) in [5.41, 5.74) is 8.03. The highest BCUT2D eigenvalue weighted by Gasteiger charge is 2.10. The van der Waals surface area contributed by atoms with Crippen LogP contribution in [0.25, 0.3) is 0 Å². The zero-order chi connectivity index (χ0) is 14.5. The smallest absolute Gasteiger partial charge is 0.142 e. The van der Waals surface area contributed by atoms with Gasteiger partial charge in [0.2, 0.25) is 0 Å². The molecule has 2 rings (SSSR count). The van der Waals surface area contributed by atoms with E-state index < -0.39 is 5.82 Å². The lowest BCUT2D eigenvalue weighted by Crippen LogP contribution is -2.25. The summed E-state index contributed by atoms with van der Waals surface area (Å²) in [5, 5.41) is 0.132. The lowest BCUT2D eigenvalue weighted by molar-refractivity contribution is 0.407. The van der Waals surface area contributed by atoms with E-state index >= 15 is 0 Å². The first-order chi connectivity index (χ1) is 9.60. The average Bonchev–Trinajstić information content (AvgIpc) is 2.43. The molecule has 2 aromatic rings. The Morgan fingerprint density at radius 1 is 1.20 bits per heavy atom. The quantitative estimate of drug-likeness (QED) is 0.914. The Balaban J connectivity index is 2.05. The van der Waals surface area contributed by atoms with Crippen LogP contribution in [0.5, 0.6) is 5.75 Å². The van der Waals surface area contributed by atoms with Crippen LogP contribution in [0, 0.1) is 5.82 Å². The highest BCUT2D eigenvalue weighted by Crippen LogP contribution is 2.20. The predicted octanol–water partition coefficient (Wildman–Crippen LogP) is 3.60. The van der Waals surface area contributed by atoms with Crippen molar-refractivity contribution in [1.29, 1.82) is 0 Å². The van der Waals surface area contributed by atoms with Crippen LogP contribution in [-0.2, 0) is 12.8 Å². The van der Waals surface area contributed by atoms with Crippen LogP contribution < -0.4 is 10.5 Å². The molecule has 0 amide bonds. The molecule has 1 atom stereocenters. The summed E-state index contributed by atoms with van der Waals surface area (Å²) in [6.45, 7) is 0. The summed E-state index contributed by atoms with van der Waals surface area (Å²) in [6, 6.07) is 12.5. The molecule has 0 fully saturated rings. The number of hydrogen-bond acceptors (Lipinski definition) is 2. The van der Waals surface area contributed by atoms with E-state index in [4.69, 9.17) is 22.1 Å². The Hall–Kier alpha value is -1.58. The van der Waals surface area contributed by atoms with E-state index in [1.807, 2.05) is 24.3 Å². The molecule has 2 N–H and O–H groups in total. The molecule has 0 saturated heterocycles. The number of nitrogens with two attached hydrogens (primary N) is 1. The highest BCUT2D eigenvalue weighted by molar-refractivity contribution is 6.30. The molecule has 0 radical (unpaired) electrons. The molecule has 0 aliphatic heterocycles. The van der Waals surface area contributed by atoms with Gasteiger partial charge in [0.25, 0.3) is 0 Å². The predicted molar refractivity (Wildman–Crippen MR) is 79.8 cm³/mol. The summed E-state index contributed by atoms with van der Waals surface area (Å²) in [6.07, 6.45) is 1.26. The van der Waals surface area contributed by atoms with Crippen molar-refractivity contribution in [1.82, 2.24) is 0 Å². The van der Waals surface area contributed by atoms with Gasteiger partial charge >= 0.3 is 0 Å². The molecule has 0 saturated carbocycles. The maximum atomic E-state index is 13.4. The number of ether oxygens (including phenoxy) is 1. The Kier molecular flexibility index (Phi) is 4.99. The zero-order valence-corrected chi connectivity index (χ0v) is 12.0. The largest absolute Gasteiger partial charge is 0.496 e.